The number of methoxy groups -OCH3 is 1. The van der Waals surface area contributed by atoms with E-state index < -0.39 is 79.8 Å². The lowest BCUT2D eigenvalue weighted by Crippen LogP contribution is -2.53. The van der Waals surface area contributed by atoms with E-state index >= 15 is 4.39 Å². The summed E-state index contributed by atoms with van der Waals surface area (Å²) in [7, 11) is -0.370. The number of nitrogens with one attached hydrogen (secondary N) is 1. The first kappa shape index (κ1) is 39.1. The summed E-state index contributed by atoms with van der Waals surface area (Å²) in [6, 6.07) is 4.47. The number of hydrogen-bond acceptors (Lipinski definition) is 10. The van der Waals surface area contributed by atoms with E-state index in [9.17, 15) is 31.6 Å². The number of anilines is 1. The molecule has 16 heteroatoms. The number of aryl methyl sites for hydroxylation is 2. The third-order valence-corrected chi connectivity index (χ3v) is 14.1. The van der Waals surface area contributed by atoms with Crippen molar-refractivity contribution >= 4 is 38.5 Å². The molecular weight excluding hydrogens is 742 g/mol. The summed E-state index contributed by atoms with van der Waals surface area (Å²) in [6.07, 6.45) is -1.24. The lowest BCUT2D eigenvalue weighted by atomic mass is 9.92. The van der Waals surface area contributed by atoms with Crippen LogP contribution in [0.5, 0.6) is 5.75 Å². The van der Waals surface area contributed by atoms with Gasteiger partial charge in [0.05, 0.1) is 46.7 Å². The van der Waals surface area contributed by atoms with Crippen molar-refractivity contribution in [2.75, 3.05) is 51.8 Å². The lowest BCUT2D eigenvalue weighted by molar-refractivity contribution is -0.0587. The normalized spacial score (nSPS) is 21.3. The van der Waals surface area contributed by atoms with Gasteiger partial charge < -0.3 is 23.7 Å². The SMILES string of the molecule is COC[C@H]1CN(c2cc(C)c3c4c(c(=O)oc3c2C)CN(C(=O)c2ccc(C(=O)NS(=O)(=O)C3(C)CC3)c(OC3CCC(F)(F)CC3)c2F)CC4)CCN1C. The molecule has 55 heavy (non-hydrogen) atoms. The number of carbonyl (C=O) groups excluding carboxylic acids is 2. The van der Waals surface area contributed by atoms with E-state index in [4.69, 9.17) is 13.9 Å². The molecule has 2 aromatic carbocycles. The number of rotatable bonds is 9. The monoisotopic (exact) mass is 788 g/mol. The Hall–Kier alpha value is -4.15. The highest BCUT2D eigenvalue weighted by Gasteiger charge is 2.51. The van der Waals surface area contributed by atoms with Crippen LogP contribution >= 0.6 is 0 Å². The minimum atomic E-state index is -4.12. The minimum Gasteiger partial charge on any atom is -0.486 e. The molecule has 0 unspecified atom stereocenters. The van der Waals surface area contributed by atoms with Gasteiger partial charge in [0.25, 0.3) is 11.8 Å². The molecule has 298 valence electrons. The number of hydrogen-bond donors (Lipinski definition) is 1. The van der Waals surface area contributed by atoms with Gasteiger partial charge in [-0.1, -0.05) is 0 Å². The number of ether oxygens (including phenoxy) is 2. The molecule has 1 atom stereocenters. The first-order chi connectivity index (χ1) is 25.9. The maximum Gasteiger partial charge on any atom is 0.341 e. The zero-order valence-corrected chi connectivity index (χ0v) is 32.5. The molecule has 3 heterocycles. The van der Waals surface area contributed by atoms with Crippen molar-refractivity contribution in [1.29, 1.82) is 0 Å². The molecule has 0 radical (unpaired) electrons. The molecule has 0 spiro atoms. The first-order valence-corrected chi connectivity index (χ1v) is 20.2. The fourth-order valence-electron chi connectivity index (χ4n) is 8.02. The number of piperazine rings is 1. The van der Waals surface area contributed by atoms with E-state index in [1.807, 2.05) is 18.6 Å². The summed E-state index contributed by atoms with van der Waals surface area (Å²) in [6.45, 7) is 8.30. The highest BCUT2D eigenvalue weighted by molar-refractivity contribution is 7.91. The number of halogens is 3. The van der Waals surface area contributed by atoms with E-state index in [2.05, 4.69) is 22.9 Å². The van der Waals surface area contributed by atoms with Crippen molar-refractivity contribution in [1.82, 2.24) is 14.5 Å². The number of fused-ring (bicyclic) bond motifs is 3. The van der Waals surface area contributed by atoms with Gasteiger partial charge in [-0.3, -0.25) is 14.5 Å². The van der Waals surface area contributed by atoms with Crippen LogP contribution in [0.2, 0.25) is 0 Å². The Bertz CT molecular complexity index is 2210. The summed E-state index contributed by atoms with van der Waals surface area (Å²) >= 11 is 0. The van der Waals surface area contributed by atoms with Crippen LogP contribution in [0, 0.1) is 19.7 Å². The van der Waals surface area contributed by atoms with Gasteiger partial charge in [-0.05, 0) is 89.2 Å². The van der Waals surface area contributed by atoms with E-state index in [0.29, 0.717) is 25.0 Å². The summed E-state index contributed by atoms with van der Waals surface area (Å²) in [5, 5.41) is 0.802. The van der Waals surface area contributed by atoms with E-state index in [1.165, 1.54) is 11.8 Å². The molecule has 2 saturated carbocycles. The molecule has 0 bridgehead atoms. The van der Waals surface area contributed by atoms with Crippen molar-refractivity contribution in [2.24, 2.45) is 0 Å². The Labute approximate surface area is 318 Å². The van der Waals surface area contributed by atoms with Crippen molar-refractivity contribution < 1.29 is 45.1 Å². The first-order valence-electron chi connectivity index (χ1n) is 18.7. The van der Waals surface area contributed by atoms with Crippen molar-refractivity contribution in [3.8, 4) is 5.75 Å². The average Bonchev–Trinajstić information content (AvgIpc) is 3.91. The quantitative estimate of drug-likeness (QED) is 0.292. The average molecular weight is 789 g/mol. The number of nitrogens with zero attached hydrogens (tertiary/aromatic N) is 3. The molecule has 1 saturated heterocycles. The molecule has 1 N–H and O–H groups in total. The number of carbonyl (C=O) groups is 2. The van der Waals surface area contributed by atoms with Crippen molar-refractivity contribution in [3.63, 3.8) is 0 Å². The number of likely N-dealkylation sites (N-methyl/N-ethyl adjacent to an activating group) is 1. The van der Waals surface area contributed by atoms with E-state index in [0.717, 1.165) is 59.5 Å². The van der Waals surface area contributed by atoms with Crippen molar-refractivity contribution in [3.05, 3.63) is 67.8 Å². The van der Waals surface area contributed by atoms with Crippen molar-refractivity contribution in [2.45, 2.75) is 95.1 Å². The van der Waals surface area contributed by atoms with Gasteiger partial charge in [0.2, 0.25) is 15.9 Å². The fourth-order valence-corrected chi connectivity index (χ4v) is 9.26. The number of amides is 2. The largest absolute Gasteiger partial charge is 0.486 e. The number of benzene rings is 2. The van der Waals surface area contributed by atoms with E-state index in [-0.39, 0.29) is 44.0 Å². The van der Waals surface area contributed by atoms with Crippen LogP contribution in [0.15, 0.2) is 27.4 Å². The third-order valence-electron chi connectivity index (χ3n) is 11.9. The summed E-state index contributed by atoms with van der Waals surface area (Å²) in [5.41, 5.74) is 2.68. The predicted octanol–water partition coefficient (Wildman–Crippen LogP) is 5.08. The Kier molecular flexibility index (Phi) is 10.2. The van der Waals surface area contributed by atoms with Crippen LogP contribution in [-0.4, -0.2) is 99.8 Å². The maximum absolute atomic E-state index is 16.5. The Morgan fingerprint density at radius 2 is 1.73 bits per heavy atom. The van der Waals surface area contributed by atoms with Gasteiger partial charge in [0.1, 0.15) is 5.58 Å². The zero-order chi connectivity index (χ0) is 39.6. The summed E-state index contributed by atoms with van der Waals surface area (Å²) in [5.74, 6) is -6.78. The fraction of sp³-hybridized carbons (Fsp3) is 0.564. The van der Waals surface area contributed by atoms with Gasteiger partial charge in [0, 0.05) is 62.8 Å². The molecule has 1 aromatic heterocycles. The van der Waals surface area contributed by atoms with Crippen LogP contribution in [0.4, 0.5) is 18.9 Å². The van der Waals surface area contributed by atoms with Gasteiger partial charge in [-0.15, -0.1) is 0 Å². The van der Waals surface area contributed by atoms with Gasteiger partial charge in [-0.25, -0.2) is 31.1 Å². The molecular formula is C39H47F3N4O8S. The topological polar surface area (TPSA) is 139 Å². The van der Waals surface area contributed by atoms with Crippen LogP contribution < -0.4 is 20.0 Å². The molecule has 7 rings (SSSR count). The van der Waals surface area contributed by atoms with Crippen LogP contribution in [0.1, 0.15) is 88.4 Å². The second kappa shape index (κ2) is 14.4. The molecule has 2 aliphatic carbocycles. The lowest BCUT2D eigenvalue weighted by Gasteiger charge is -2.41. The predicted molar refractivity (Wildman–Crippen MR) is 199 cm³/mol. The second-order valence-electron chi connectivity index (χ2n) is 15.8. The van der Waals surface area contributed by atoms with Crippen LogP contribution in [0.25, 0.3) is 11.0 Å². The van der Waals surface area contributed by atoms with Crippen LogP contribution in [-0.2, 0) is 27.7 Å². The molecule has 3 aromatic rings. The standard InChI is InChI=1S/C39H47F3N4O8S/c1-22-18-30(45-17-16-44(4)24(19-45)21-52-5)23(2)33-31(22)26-10-15-46(20-29(26)37(49)54-33)36(48)27-6-7-28(35(47)43-55(50,51)38(3)13-14-38)34(32(27)40)53-25-8-11-39(41,42)12-9-25/h6-7,18,24-25H,8-17,19-21H2,1-5H3,(H,43,47)/t24-/m1/s1. The number of sulfonamides is 1. The second-order valence-corrected chi connectivity index (χ2v) is 18.0. The summed E-state index contributed by atoms with van der Waals surface area (Å²) in [4.78, 5) is 46.8. The van der Waals surface area contributed by atoms with E-state index in [1.54, 1.807) is 7.11 Å². The molecule has 12 nitrogen and oxygen atoms in total. The molecule has 2 aliphatic heterocycles. The highest BCUT2D eigenvalue weighted by atomic mass is 32.2. The van der Waals surface area contributed by atoms with Gasteiger partial charge in [-0.2, -0.15) is 0 Å². The smallest absolute Gasteiger partial charge is 0.341 e. The molecule has 3 fully saturated rings. The highest BCUT2D eigenvalue weighted by Crippen LogP contribution is 2.43. The Morgan fingerprint density at radius 3 is 2.40 bits per heavy atom. The minimum absolute atomic E-state index is 0.133. The van der Waals surface area contributed by atoms with Crippen LogP contribution in [0.3, 0.4) is 0 Å². The third kappa shape index (κ3) is 7.32. The van der Waals surface area contributed by atoms with Gasteiger partial charge in [0.15, 0.2) is 11.6 Å². The van der Waals surface area contributed by atoms with Gasteiger partial charge >= 0.3 is 5.63 Å². The molecule has 2 amide bonds. The Balaban J connectivity index is 1.18. The molecule has 4 aliphatic rings. The zero-order valence-electron chi connectivity index (χ0n) is 31.7. The maximum atomic E-state index is 16.5. The summed E-state index contributed by atoms with van der Waals surface area (Å²) < 4.78 is 88.2. The number of alkyl halides is 2. The Morgan fingerprint density at radius 1 is 1.04 bits per heavy atom.